The molecular formula is C50H53N9O5S2. The highest BCUT2D eigenvalue weighted by Gasteiger charge is 2.45. The zero-order chi connectivity index (χ0) is 47.2. The molecular weight excluding hydrogens is 871 g/mol. The van der Waals surface area contributed by atoms with Crippen molar-refractivity contribution in [1.82, 2.24) is 35.3 Å². The van der Waals surface area contributed by atoms with Crippen molar-refractivity contribution in [2.75, 3.05) is 13.2 Å². The topological polar surface area (TPSA) is 188 Å². The molecule has 1 fully saturated rings. The number of nitriles is 1. The Morgan fingerprint density at radius 3 is 2.30 bits per heavy atom. The van der Waals surface area contributed by atoms with Gasteiger partial charge >= 0.3 is 0 Å². The molecule has 0 saturated carbocycles. The van der Waals surface area contributed by atoms with E-state index in [2.05, 4.69) is 50.3 Å². The van der Waals surface area contributed by atoms with Crippen LogP contribution in [0.15, 0.2) is 77.2 Å². The number of likely N-dealkylation sites (tertiary alicyclic amines) is 1. The number of aliphatic hydroxyl groups excluding tert-OH is 1. The Kier molecular flexibility index (Phi) is 12.8. The lowest BCUT2D eigenvalue weighted by Crippen LogP contribution is -2.58. The smallest absolute Gasteiger partial charge is 0.258 e. The van der Waals surface area contributed by atoms with Gasteiger partial charge in [0.2, 0.25) is 11.8 Å². The summed E-state index contributed by atoms with van der Waals surface area (Å²) >= 11 is 3.28. The number of nitrogens with zero attached hydrogens (tertiary/aromatic N) is 7. The number of benzene rings is 3. The van der Waals surface area contributed by atoms with Crippen molar-refractivity contribution in [3.8, 4) is 38.4 Å². The van der Waals surface area contributed by atoms with E-state index in [-0.39, 0.29) is 36.4 Å². The van der Waals surface area contributed by atoms with Gasteiger partial charge in [0.15, 0.2) is 12.4 Å². The molecule has 0 radical (unpaired) electrons. The lowest BCUT2D eigenvalue weighted by molar-refractivity contribution is -0.144. The molecule has 8 rings (SSSR count). The molecule has 6 aromatic rings. The van der Waals surface area contributed by atoms with Crippen LogP contribution in [0, 0.1) is 44.4 Å². The van der Waals surface area contributed by atoms with Crippen LogP contribution in [0.2, 0.25) is 0 Å². The Hall–Kier alpha value is -6.54. The summed E-state index contributed by atoms with van der Waals surface area (Å²) in [6, 6.07) is 20.8. The van der Waals surface area contributed by atoms with E-state index in [0.717, 1.165) is 66.3 Å². The number of amides is 3. The first kappa shape index (κ1) is 46.0. The fraction of sp³-hybridized carbons (Fsp3) is 0.360. The number of rotatable bonds is 11. The minimum absolute atomic E-state index is 0.0546. The van der Waals surface area contributed by atoms with E-state index in [9.17, 15) is 24.8 Å². The average molecular weight is 924 g/mol. The van der Waals surface area contributed by atoms with Crippen molar-refractivity contribution in [1.29, 1.82) is 5.26 Å². The third-order valence-electron chi connectivity index (χ3n) is 12.4. The third kappa shape index (κ3) is 9.03. The summed E-state index contributed by atoms with van der Waals surface area (Å²) < 4.78 is 8.01. The lowest BCUT2D eigenvalue weighted by atomic mass is 9.85. The van der Waals surface area contributed by atoms with E-state index in [1.54, 1.807) is 34.8 Å². The van der Waals surface area contributed by atoms with Gasteiger partial charge < -0.3 is 25.4 Å². The maximum atomic E-state index is 14.2. The van der Waals surface area contributed by atoms with Crippen molar-refractivity contribution in [2.45, 2.75) is 99.0 Å². The van der Waals surface area contributed by atoms with Crippen LogP contribution in [0.5, 0.6) is 5.75 Å². The number of carbonyl (C=O) groups is 3. The fourth-order valence-electron chi connectivity index (χ4n) is 8.59. The largest absolute Gasteiger partial charge is 0.482 e. The standard InChI is InChI=1S/C50H53N9O5S2/c1-26-30(5)66-49-42(26)43(53-29(4)46-57-56-31(6)59(46)49)34-14-12-33(13-15-34)36-18-19-40(37(20-36)22-51)64-24-41(61)55-45(50(7,8)9)48(63)58-23-38(60)21-39(58)47(62)54-27(2)32-10-16-35(17-11-32)44-28(3)52-25-65-44/h10-20,25,27,29,38-39,45,60H,21,23-24H2,1-9H3,(H,54,62)(H,55,61)/t27-,29-,38+,39-,45+/m0/s1. The van der Waals surface area contributed by atoms with E-state index < -0.39 is 47.9 Å². The van der Waals surface area contributed by atoms with Crippen LogP contribution in [0.1, 0.15) is 103 Å². The molecule has 0 unspecified atom stereocenters. The average Bonchev–Trinajstić information content (AvgIpc) is 4.06. The predicted molar refractivity (Wildman–Crippen MR) is 256 cm³/mol. The van der Waals surface area contributed by atoms with Gasteiger partial charge in [0, 0.05) is 29.0 Å². The second-order valence-corrected chi connectivity index (χ2v) is 20.2. The van der Waals surface area contributed by atoms with Crippen molar-refractivity contribution in [2.24, 2.45) is 10.4 Å². The monoisotopic (exact) mass is 923 g/mol. The fourth-order valence-corrected chi connectivity index (χ4v) is 10.6. The summed E-state index contributed by atoms with van der Waals surface area (Å²) in [5.74, 6) is 0.375. The van der Waals surface area contributed by atoms with Crippen molar-refractivity contribution >= 4 is 46.1 Å². The second kappa shape index (κ2) is 18.4. The van der Waals surface area contributed by atoms with E-state index >= 15 is 0 Å². The predicted octanol–water partition coefficient (Wildman–Crippen LogP) is 7.89. The minimum atomic E-state index is -1.05. The van der Waals surface area contributed by atoms with Gasteiger partial charge in [-0.05, 0) is 86.9 Å². The molecule has 3 aromatic heterocycles. The molecule has 0 aliphatic carbocycles. The molecule has 0 spiro atoms. The van der Waals surface area contributed by atoms with Crippen LogP contribution >= 0.6 is 22.7 Å². The maximum absolute atomic E-state index is 14.2. The first-order valence-corrected chi connectivity index (χ1v) is 23.6. The number of hydrogen-bond acceptors (Lipinski definition) is 12. The first-order valence-electron chi connectivity index (χ1n) is 21.9. The SMILES string of the molecule is Cc1ncsc1-c1ccc([C@H](C)NC(=O)[C@@H]2C[C@@H](O)CN2C(=O)[C@@H](NC(=O)COc2ccc(-c3ccc(C4=N[C@@H](C)c5nnc(C)n5-c5sc(C)c(C)c54)cc3)cc2C#N)C(C)(C)C)cc1. The molecule has 2 aliphatic heterocycles. The molecule has 3 aromatic carbocycles. The van der Waals surface area contributed by atoms with Gasteiger partial charge in [-0.2, -0.15) is 5.26 Å². The van der Waals surface area contributed by atoms with Gasteiger partial charge in [-0.15, -0.1) is 32.9 Å². The number of aliphatic hydroxyl groups is 1. The Labute approximate surface area is 392 Å². The summed E-state index contributed by atoms with van der Waals surface area (Å²) in [7, 11) is 0. The highest BCUT2D eigenvalue weighted by Crippen LogP contribution is 2.39. The van der Waals surface area contributed by atoms with Gasteiger partial charge in [0.25, 0.3) is 5.91 Å². The molecule has 340 valence electrons. The van der Waals surface area contributed by atoms with Crippen LogP contribution in [-0.4, -0.2) is 84.5 Å². The number of hydrogen-bond donors (Lipinski definition) is 3. The molecule has 16 heteroatoms. The number of aromatic nitrogens is 4. The van der Waals surface area contributed by atoms with Crippen LogP contribution in [-0.2, 0) is 14.4 Å². The Morgan fingerprint density at radius 2 is 1.64 bits per heavy atom. The highest BCUT2D eigenvalue weighted by atomic mass is 32.1. The number of nitrogens with one attached hydrogen (secondary N) is 2. The maximum Gasteiger partial charge on any atom is 0.258 e. The van der Waals surface area contributed by atoms with E-state index in [0.29, 0.717) is 0 Å². The van der Waals surface area contributed by atoms with Crippen LogP contribution in [0.3, 0.4) is 0 Å². The Bertz CT molecular complexity index is 2900. The third-order valence-corrected chi connectivity index (χ3v) is 14.5. The Morgan fingerprint density at radius 1 is 0.955 bits per heavy atom. The Balaban J connectivity index is 0.918. The zero-order valence-corrected chi connectivity index (χ0v) is 40.1. The number of thiophene rings is 1. The number of aliphatic imine (C=N–C) groups is 1. The van der Waals surface area contributed by atoms with Gasteiger partial charge in [-0.25, -0.2) is 4.98 Å². The summed E-state index contributed by atoms with van der Waals surface area (Å²) in [6.45, 7) is 17.0. The number of carbonyl (C=O) groups excluding carboxylic acids is 3. The number of β-amino-alcohol motifs (C(OH)–C–C–N with tert-alkyl or cyclic N) is 1. The number of fused-ring (bicyclic) bond motifs is 3. The van der Waals surface area contributed by atoms with E-state index in [1.165, 1.54) is 15.3 Å². The second-order valence-electron chi connectivity index (χ2n) is 18.1. The summed E-state index contributed by atoms with van der Waals surface area (Å²) in [5.41, 5.74) is 9.91. The van der Waals surface area contributed by atoms with Crippen LogP contribution in [0.4, 0.5) is 0 Å². The quantitative estimate of drug-likeness (QED) is 0.116. The van der Waals surface area contributed by atoms with E-state index in [4.69, 9.17) is 9.73 Å². The summed E-state index contributed by atoms with van der Waals surface area (Å²) in [6.07, 6.45) is -0.850. The van der Waals surface area contributed by atoms with Crippen molar-refractivity contribution < 1.29 is 24.2 Å². The molecule has 66 heavy (non-hydrogen) atoms. The van der Waals surface area contributed by atoms with E-state index in [1.807, 2.05) is 109 Å². The molecule has 0 bridgehead atoms. The molecule has 5 atom stereocenters. The number of thiazole rings is 1. The zero-order valence-electron chi connectivity index (χ0n) is 38.5. The summed E-state index contributed by atoms with van der Waals surface area (Å²) in [5, 5.41) is 36.6. The normalized spacial score (nSPS) is 17.7. The molecule has 2 aliphatic rings. The highest BCUT2D eigenvalue weighted by molar-refractivity contribution is 7.15. The minimum Gasteiger partial charge on any atom is -0.482 e. The number of aryl methyl sites for hydroxylation is 3. The summed E-state index contributed by atoms with van der Waals surface area (Å²) in [4.78, 5) is 54.6. The van der Waals surface area contributed by atoms with Gasteiger partial charge in [-0.3, -0.25) is 23.9 Å². The molecule has 1 saturated heterocycles. The number of ether oxygens (including phenoxy) is 1. The lowest BCUT2D eigenvalue weighted by Gasteiger charge is -2.35. The molecule has 3 N–H and O–H groups in total. The van der Waals surface area contributed by atoms with Crippen molar-refractivity contribution in [3.05, 3.63) is 122 Å². The molecule has 5 heterocycles. The van der Waals surface area contributed by atoms with Gasteiger partial charge in [0.05, 0.1) is 39.5 Å². The first-order chi connectivity index (χ1) is 31.4. The van der Waals surface area contributed by atoms with Crippen molar-refractivity contribution in [3.63, 3.8) is 0 Å². The van der Waals surface area contributed by atoms with Gasteiger partial charge in [-0.1, -0.05) is 75.4 Å². The van der Waals surface area contributed by atoms with Gasteiger partial charge in [0.1, 0.15) is 40.8 Å². The van der Waals surface area contributed by atoms with Crippen LogP contribution in [0.25, 0.3) is 26.6 Å². The molecule has 14 nitrogen and oxygen atoms in total. The van der Waals surface area contributed by atoms with Crippen LogP contribution < -0.4 is 15.4 Å². The molecule has 3 amide bonds.